The Morgan fingerprint density at radius 3 is 2.59 bits per heavy atom. The molecule has 1 atom stereocenters. The first kappa shape index (κ1) is 19.5. The molecule has 1 N–H and O–H groups in total. The fourth-order valence-electron chi connectivity index (χ4n) is 4.06. The van der Waals surface area contributed by atoms with Crippen molar-refractivity contribution >= 4 is 39.1 Å². The van der Waals surface area contributed by atoms with Crippen LogP contribution < -0.4 is 10.1 Å². The average Bonchev–Trinajstić information content (AvgIpc) is 2.68. The van der Waals surface area contributed by atoms with Crippen molar-refractivity contribution in [3.05, 3.63) is 62.0 Å². The molecule has 0 aliphatic carbocycles. The van der Waals surface area contributed by atoms with Crippen LogP contribution in [-0.4, -0.2) is 30.6 Å². The van der Waals surface area contributed by atoms with Gasteiger partial charge in [0.15, 0.2) is 0 Å². The number of halogens is 3. The van der Waals surface area contributed by atoms with Crippen LogP contribution in [-0.2, 0) is 13.2 Å². The Kier molecular flexibility index (Phi) is 6.30. The lowest BCUT2D eigenvalue weighted by atomic mass is 9.84. The van der Waals surface area contributed by atoms with Crippen LogP contribution in [0, 0.1) is 5.92 Å². The van der Waals surface area contributed by atoms with Crippen LogP contribution in [0.2, 0.25) is 10.0 Å². The number of nitrogens with zero attached hydrogens (tertiary/aromatic N) is 1. The normalized spacial score (nSPS) is 24.2. The minimum absolute atomic E-state index is 0.421. The van der Waals surface area contributed by atoms with Gasteiger partial charge in [-0.2, -0.15) is 0 Å². The highest BCUT2D eigenvalue weighted by atomic mass is 79.9. The number of hydrogen-bond acceptors (Lipinski definition) is 3. The number of hydrogen-bond donors (Lipinski definition) is 1. The zero-order valence-electron chi connectivity index (χ0n) is 15.1. The van der Waals surface area contributed by atoms with Crippen LogP contribution >= 0.6 is 39.1 Å². The summed E-state index contributed by atoms with van der Waals surface area (Å²) in [6.45, 7) is 4.91. The van der Waals surface area contributed by atoms with Gasteiger partial charge >= 0.3 is 0 Å². The molecule has 0 amide bonds. The molecule has 3 nitrogen and oxygen atoms in total. The number of piperidine rings is 3. The third-order valence-corrected chi connectivity index (χ3v) is 6.71. The van der Waals surface area contributed by atoms with Crippen LogP contribution in [0.4, 0.5) is 0 Å². The summed E-state index contributed by atoms with van der Waals surface area (Å²) >= 11 is 15.8. The highest BCUT2D eigenvalue weighted by Crippen LogP contribution is 2.30. The van der Waals surface area contributed by atoms with E-state index >= 15 is 0 Å². The molecule has 2 aromatic rings. The number of rotatable bonds is 6. The quantitative estimate of drug-likeness (QED) is 0.602. The second kappa shape index (κ2) is 8.71. The smallest absolute Gasteiger partial charge is 0.124 e. The lowest BCUT2D eigenvalue weighted by molar-refractivity contribution is 0.0718. The van der Waals surface area contributed by atoms with Crippen molar-refractivity contribution in [2.75, 3.05) is 19.6 Å². The molecule has 0 spiro atoms. The van der Waals surface area contributed by atoms with E-state index in [-0.39, 0.29) is 0 Å². The standard InChI is InChI=1S/C21H23BrCl2N2O/c22-17-2-4-21(27-13-15-1-3-18(23)10-19(15)24)16(9-17)11-25-20-12-26-7-5-14(20)6-8-26/h1-4,9-10,14,20,25H,5-8,11-13H2. The Labute approximate surface area is 179 Å². The summed E-state index contributed by atoms with van der Waals surface area (Å²) in [7, 11) is 0. The number of ether oxygens (including phenoxy) is 1. The van der Waals surface area contributed by atoms with Crippen LogP contribution in [0.5, 0.6) is 5.75 Å². The van der Waals surface area contributed by atoms with Gasteiger partial charge in [-0.3, -0.25) is 0 Å². The van der Waals surface area contributed by atoms with Crippen LogP contribution in [0.3, 0.4) is 0 Å². The zero-order chi connectivity index (χ0) is 18.8. The molecule has 2 bridgehead atoms. The molecule has 27 heavy (non-hydrogen) atoms. The largest absolute Gasteiger partial charge is 0.489 e. The van der Waals surface area contributed by atoms with Crippen LogP contribution in [0.1, 0.15) is 24.0 Å². The number of fused-ring (bicyclic) bond motifs is 3. The van der Waals surface area contributed by atoms with E-state index in [2.05, 4.69) is 32.2 Å². The summed E-state index contributed by atoms with van der Waals surface area (Å²) in [5, 5.41) is 5.03. The maximum atomic E-state index is 6.27. The molecule has 3 fully saturated rings. The lowest BCUT2D eigenvalue weighted by Crippen LogP contribution is -2.55. The van der Waals surface area contributed by atoms with E-state index in [1.807, 2.05) is 24.3 Å². The molecule has 5 rings (SSSR count). The molecule has 0 saturated carbocycles. The van der Waals surface area contributed by atoms with E-state index in [0.717, 1.165) is 40.4 Å². The Hall–Kier alpha value is -0.780. The molecular weight excluding hydrogens is 447 g/mol. The van der Waals surface area contributed by atoms with E-state index < -0.39 is 0 Å². The van der Waals surface area contributed by atoms with Crippen molar-refractivity contribution in [1.82, 2.24) is 10.2 Å². The highest BCUT2D eigenvalue weighted by Gasteiger charge is 2.33. The first-order valence-corrected chi connectivity index (χ1v) is 10.9. The van der Waals surface area contributed by atoms with Crippen molar-refractivity contribution in [2.45, 2.75) is 32.0 Å². The van der Waals surface area contributed by atoms with Crippen molar-refractivity contribution in [1.29, 1.82) is 0 Å². The average molecular weight is 470 g/mol. The van der Waals surface area contributed by atoms with Gasteiger partial charge in [0, 0.05) is 44.8 Å². The van der Waals surface area contributed by atoms with Gasteiger partial charge < -0.3 is 15.0 Å². The van der Waals surface area contributed by atoms with Gasteiger partial charge in [-0.05, 0) is 62.2 Å². The lowest BCUT2D eigenvalue weighted by Gasteiger charge is -2.45. The van der Waals surface area contributed by atoms with Gasteiger partial charge in [0.2, 0.25) is 0 Å². The summed E-state index contributed by atoms with van der Waals surface area (Å²) in [4.78, 5) is 2.57. The molecule has 3 aliphatic rings. The Balaban J connectivity index is 1.42. The number of benzene rings is 2. The SMILES string of the molecule is Clc1ccc(COc2ccc(Br)cc2CNC2CN3CCC2CC3)c(Cl)c1. The predicted octanol–water partition coefficient (Wildman–Crippen LogP) is 5.52. The predicted molar refractivity (Wildman–Crippen MR) is 115 cm³/mol. The summed E-state index contributed by atoms with van der Waals surface area (Å²) in [6.07, 6.45) is 2.63. The molecule has 3 saturated heterocycles. The maximum absolute atomic E-state index is 6.27. The van der Waals surface area contributed by atoms with Crippen molar-refractivity contribution in [3.63, 3.8) is 0 Å². The highest BCUT2D eigenvalue weighted by molar-refractivity contribution is 9.10. The third kappa shape index (κ3) is 4.80. The molecule has 0 aromatic heterocycles. The minimum atomic E-state index is 0.421. The molecule has 144 valence electrons. The first-order chi connectivity index (χ1) is 13.1. The monoisotopic (exact) mass is 468 g/mol. The fraction of sp³-hybridized carbons (Fsp3) is 0.429. The molecule has 3 heterocycles. The van der Waals surface area contributed by atoms with E-state index in [1.165, 1.54) is 25.9 Å². The van der Waals surface area contributed by atoms with Crippen molar-refractivity contribution < 1.29 is 4.74 Å². The van der Waals surface area contributed by atoms with E-state index in [1.54, 1.807) is 6.07 Å². The Morgan fingerprint density at radius 2 is 1.89 bits per heavy atom. The molecule has 2 aromatic carbocycles. The minimum Gasteiger partial charge on any atom is -0.489 e. The molecule has 3 aliphatic heterocycles. The second-order valence-electron chi connectivity index (χ2n) is 7.40. The molecule has 1 unspecified atom stereocenters. The first-order valence-electron chi connectivity index (χ1n) is 9.39. The van der Waals surface area contributed by atoms with Crippen molar-refractivity contribution in [2.24, 2.45) is 5.92 Å². The third-order valence-electron chi connectivity index (χ3n) is 5.63. The fourth-order valence-corrected chi connectivity index (χ4v) is 4.93. The van der Waals surface area contributed by atoms with E-state index in [0.29, 0.717) is 22.7 Å². The Bertz CT molecular complexity index is 809. The van der Waals surface area contributed by atoms with Gasteiger partial charge in [-0.15, -0.1) is 0 Å². The van der Waals surface area contributed by atoms with Gasteiger partial charge in [-0.1, -0.05) is 45.2 Å². The molecule has 0 radical (unpaired) electrons. The maximum Gasteiger partial charge on any atom is 0.124 e. The van der Waals surface area contributed by atoms with Crippen LogP contribution in [0.15, 0.2) is 40.9 Å². The topological polar surface area (TPSA) is 24.5 Å². The van der Waals surface area contributed by atoms with Crippen LogP contribution in [0.25, 0.3) is 0 Å². The van der Waals surface area contributed by atoms with Gasteiger partial charge in [0.1, 0.15) is 12.4 Å². The summed E-state index contributed by atoms with van der Waals surface area (Å²) in [5.74, 6) is 1.69. The van der Waals surface area contributed by atoms with Gasteiger partial charge in [0.05, 0.1) is 0 Å². The van der Waals surface area contributed by atoms with Gasteiger partial charge in [0.25, 0.3) is 0 Å². The van der Waals surface area contributed by atoms with E-state index in [9.17, 15) is 0 Å². The molecular formula is C21H23BrCl2N2O. The summed E-state index contributed by atoms with van der Waals surface area (Å²) < 4.78 is 7.16. The van der Waals surface area contributed by atoms with Crippen molar-refractivity contribution in [3.8, 4) is 5.75 Å². The summed E-state index contributed by atoms with van der Waals surface area (Å²) in [6, 6.07) is 12.2. The van der Waals surface area contributed by atoms with Gasteiger partial charge in [-0.25, -0.2) is 0 Å². The molecule has 6 heteroatoms. The number of nitrogens with one attached hydrogen (secondary N) is 1. The Morgan fingerprint density at radius 1 is 1.07 bits per heavy atom. The van der Waals surface area contributed by atoms with E-state index in [4.69, 9.17) is 27.9 Å². The summed E-state index contributed by atoms with van der Waals surface area (Å²) in [5.41, 5.74) is 2.09. The second-order valence-corrected chi connectivity index (χ2v) is 9.16. The zero-order valence-corrected chi connectivity index (χ0v) is 18.2.